The van der Waals surface area contributed by atoms with Gasteiger partial charge in [-0.15, -0.1) is 0 Å². The van der Waals surface area contributed by atoms with Crippen molar-refractivity contribution in [3.05, 3.63) is 70.0 Å². The number of halogens is 1. The normalized spacial score (nSPS) is 13.1. The summed E-state index contributed by atoms with van der Waals surface area (Å²) in [6, 6.07) is 9.18. The number of benzene rings is 1. The summed E-state index contributed by atoms with van der Waals surface area (Å²) in [7, 11) is 1.43. The minimum Gasteiger partial charge on any atom is -0.396 e. The molecule has 11 nitrogen and oxygen atoms in total. The maximum Gasteiger partial charge on any atom is 0.262 e. The summed E-state index contributed by atoms with van der Waals surface area (Å²) in [4.78, 5) is 44.4. The second-order valence-corrected chi connectivity index (χ2v) is 8.11. The minimum absolute atomic E-state index is 0.110. The first kappa shape index (κ1) is 22.1. The predicted molar refractivity (Wildman–Crippen MR) is 128 cm³/mol. The van der Waals surface area contributed by atoms with Crippen LogP contribution in [0.4, 0.5) is 27.5 Å². The van der Waals surface area contributed by atoms with Crippen molar-refractivity contribution in [3.8, 4) is 0 Å². The smallest absolute Gasteiger partial charge is 0.262 e. The lowest BCUT2D eigenvalue weighted by Gasteiger charge is -2.18. The molecule has 5 N–H and O–H groups in total. The molecule has 12 heteroatoms. The first-order valence-corrected chi connectivity index (χ1v) is 10.8. The summed E-state index contributed by atoms with van der Waals surface area (Å²) < 4.78 is 16.7. The Bertz CT molecular complexity index is 1540. The van der Waals surface area contributed by atoms with Crippen molar-refractivity contribution < 1.29 is 14.0 Å². The molecule has 0 spiro atoms. The number of hydrogen-bond donors (Lipinski definition) is 4. The molecule has 1 aromatic carbocycles. The van der Waals surface area contributed by atoms with Crippen molar-refractivity contribution in [2.45, 2.75) is 13.0 Å². The molecule has 0 radical (unpaired) electrons. The number of carbonyl (C=O) groups excluding carboxylic acids is 2. The summed E-state index contributed by atoms with van der Waals surface area (Å²) in [5, 5.41) is 11.1. The lowest BCUT2D eigenvalue weighted by molar-refractivity contribution is -0.121. The molecule has 3 aromatic heterocycles. The van der Waals surface area contributed by atoms with E-state index >= 15 is 4.39 Å². The first-order valence-electron chi connectivity index (χ1n) is 10.8. The van der Waals surface area contributed by atoms with Crippen LogP contribution in [0.2, 0.25) is 0 Å². The third kappa shape index (κ3) is 4.16. The molecular formula is C23H21FN8O3. The second kappa shape index (κ2) is 8.56. The van der Waals surface area contributed by atoms with E-state index in [1.165, 1.54) is 37.5 Å². The highest BCUT2D eigenvalue weighted by Gasteiger charge is 2.22. The standard InChI is InChI=1S/C23H21FN8O3/c1-31(18-3-2-4-19(33)29-18)23(35)14-7-12-8-16(27-10-15(12)22(25)21(14)24)28-17-9-13-5-6-26-20(34)11-32(13)30-17/h2-4,7-10H,5-6,11,25H2,1H3,(H,26,34)(H,29,33)(H,27,28,30). The van der Waals surface area contributed by atoms with Crippen molar-refractivity contribution in [3.63, 3.8) is 0 Å². The molecule has 1 aliphatic rings. The molecule has 0 aliphatic carbocycles. The highest BCUT2D eigenvalue weighted by molar-refractivity contribution is 6.09. The summed E-state index contributed by atoms with van der Waals surface area (Å²) in [5.41, 5.74) is 6.05. The monoisotopic (exact) mass is 476 g/mol. The van der Waals surface area contributed by atoms with Crippen LogP contribution < -0.4 is 26.8 Å². The number of aromatic nitrogens is 4. The van der Waals surface area contributed by atoms with Crippen molar-refractivity contribution in [1.82, 2.24) is 25.1 Å². The zero-order valence-electron chi connectivity index (χ0n) is 18.6. The van der Waals surface area contributed by atoms with Crippen LogP contribution in [0.1, 0.15) is 16.1 Å². The van der Waals surface area contributed by atoms with Crippen LogP contribution in [0.5, 0.6) is 0 Å². The number of aromatic amines is 1. The number of amides is 2. The van der Waals surface area contributed by atoms with Gasteiger partial charge in [0.05, 0.1) is 11.3 Å². The van der Waals surface area contributed by atoms with Crippen LogP contribution in [0.3, 0.4) is 0 Å². The largest absolute Gasteiger partial charge is 0.396 e. The number of nitrogens with two attached hydrogens (primary N) is 1. The molecule has 35 heavy (non-hydrogen) atoms. The van der Waals surface area contributed by atoms with Crippen LogP contribution in [-0.4, -0.2) is 45.2 Å². The van der Waals surface area contributed by atoms with E-state index in [0.717, 1.165) is 10.6 Å². The molecule has 5 rings (SSSR count). The summed E-state index contributed by atoms with van der Waals surface area (Å²) in [5.74, 6) is -0.542. The summed E-state index contributed by atoms with van der Waals surface area (Å²) >= 11 is 0. The average molecular weight is 476 g/mol. The quantitative estimate of drug-likeness (QED) is 0.326. The summed E-state index contributed by atoms with van der Waals surface area (Å²) in [6.07, 6.45) is 2.06. The number of nitrogens with one attached hydrogen (secondary N) is 3. The van der Waals surface area contributed by atoms with Gasteiger partial charge in [-0.1, -0.05) is 6.07 Å². The van der Waals surface area contributed by atoms with Gasteiger partial charge < -0.3 is 21.4 Å². The van der Waals surface area contributed by atoms with E-state index in [9.17, 15) is 14.4 Å². The SMILES string of the molecule is CN(C(=O)c1cc2cc(Nc3cc4n(n3)CC(=O)NCC4)ncc2c(N)c1F)c1cccc(=O)[nH]1. The average Bonchev–Trinajstić information content (AvgIpc) is 3.11. The van der Waals surface area contributed by atoms with Crippen molar-refractivity contribution >= 4 is 45.7 Å². The van der Waals surface area contributed by atoms with Crippen molar-refractivity contribution in [2.24, 2.45) is 0 Å². The van der Waals surface area contributed by atoms with E-state index in [4.69, 9.17) is 5.73 Å². The van der Waals surface area contributed by atoms with Gasteiger partial charge in [-0.25, -0.2) is 9.37 Å². The Balaban J connectivity index is 1.48. The van der Waals surface area contributed by atoms with Gasteiger partial charge >= 0.3 is 0 Å². The van der Waals surface area contributed by atoms with E-state index in [2.05, 4.69) is 25.7 Å². The maximum atomic E-state index is 15.0. The van der Waals surface area contributed by atoms with E-state index in [1.807, 2.05) is 6.07 Å². The third-order valence-corrected chi connectivity index (χ3v) is 5.76. The Morgan fingerprint density at radius 2 is 2.06 bits per heavy atom. The lowest BCUT2D eigenvalue weighted by atomic mass is 10.0. The molecule has 1 aliphatic heterocycles. The van der Waals surface area contributed by atoms with E-state index in [1.54, 1.807) is 10.7 Å². The van der Waals surface area contributed by atoms with E-state index in [0.29, 0.717) is 35.4 Å². The number of nitrogens with zero attached hydrogens (tertiary/aromatic N) is 4. The van der Waals surface area contributed by atoms with E-state index < -0.39 is 11.7 Å². The fraction of sp³-hybridized carbons (Fsp3) is 0.174. The molecule has 0 saturated carbocycles. The number of anilines is 4. The van der Waals surface area contributed by atoms with Gasteiger partial charge in [0.15, 0.2) is 11.6 Å². The zero-order chi connectivity index (χ0) is 24.7. The van der Waals surface area contributed by atoms with Gasteiger partial charge in [0, 0.05) is 49.4 Å². The molecule has 2 amide bonds. The molecule has 0 atom stereocenters. The highest BCUT2D eigenvalue weighted by Crippen LogP contribution is 2.30. The highest BCUT2D eigenvalue weighted by atomic mass is 19.1. The maximum absolute atomic E-state index is 15.0. The topological polar surface area (TPSA) is 151 Å². The lowest BCUT2D eigenvalue weighted by Crippen LogP contribution is -2.29. The second-order valence-electron chi connectivity index (χ2n) is 8.11. The molecule has 0 bridgehead atoms. The number of H-pyrrole nitrogens is 1. The number of pyridine rings is 2. The van der Waals surface area contributed by atoms with Crippen LogP contribution in [-0.2, 0) is 17.8 Å². The van der Waals surface area contributed by atoms with Crippen LogP contribution in [0.25, 0.3) is 10.8 Å². The number of nitrogen functional groups attached to an aromatic ring is 1. The number of fused-ring (bicyclic) bond motifs is 2. The Labute approximate surface area is 197 Å². The van der Waals surface area contributed by atoms with Gasteiger partial charge in [-0.05, 0) is 23.6 Å². The Morgan fingerprint density at radius 1 is 1.23 bits per heavy atom. The Morgan fingerprint density at radius 3 is 2.86 bits per heavy atom. The number of rotatable bonds is 4. The van der Waals surface area contributed by atoms with Crippen molar-refractivity contribution in [2.75, 3.05) is 29.5 Å². The first-order chi connectivity index (χ1) is 16.8. The van der Waals surface area contributed by atoms with Gasteiger partial charge in [-0.3, -0.25) is 24.0 Å². The van der Waals surface area contributed by atoms with Gasteiger partial charge in [0.1, 0.15) is 18.2 Å². The number of hydrogen-bond acceptors (Lipinski definition) is 7. The van der Waals surface area contributed by atoms with Crippen LogP contribution >= 0.6 is 0 Å². The minimum atomic E-state index is -0.869. The molecule has 0 saturated heterocycles. The molecular weight excluding hydrogens is 455 g/mol. The fourth-order valence-corrected chi connectivity index (χ4v) is 3.95. The third-order valence-electron chi connectivity index (χ3n) is 5.76. The molecule has 0 unspecified atom stereocenters. The van der Waals surface area contributed by atoms with Gasteiger partial charge in [-0.2, -0.15) is 5.10 Å². The van der Waals surface area contributed by atoms with Crippen LogP contribution in [0, 0.1) is 5.82 Å². The number of carbonyl (C=O) groups is 2. The van der Waals surface area contributed by atoms with Crippen molar-refractivity contribution in [1.29, 1.82) is 0 Å². The van der Waals surface area contributed by atoms with Gasteiger partial charge in [0.25, 0.3) is 5.91 Å². The zero-order valence-corrected chi connectivity index (χ0v) is 18.6. The predicted octanol–water partition coefficient (Wildman–Crippen LogP) is 1.53. The van der Waals surface area contributed by atoms with E-state index in [-0.39, 0.29) is 35.1 Å². The molecule has 4 aromatic rings. The molecule has 4 heterocycles. The Kier molecular flexibility index (Phi) is 5.40. The fourth-order valence-electron chi connectivity index (χ4n) is 3.95. The molecule has 0 fully saturated rings. The molecule has 178 valence electrons. The summed E-state index contributed by atoms with van der Waals surface area (Å²) in [6.45, 7) is 0.662. The van der Waals surface area contributed by atoms with Crippen LogP contribution in [0.15, 0.2) is 47.4 Å². The Hall–Kier alpha value is -4.74. The van der Waals surface area contributed by atoms with Gasteiger partial charge in [0.2, 0.25) is 11.5 Å².